The summed E-state index contributed by atoms with van der Waals surface area (Å²) in [6.07, 6.45) is 3.59. The molecule has 0 radical (unpaired) electrons. The summed E-state index contributed by atoms with van der Waals surface area (Å²) in [4.78, 5) is 9.05. The van der Waals surface area contributed by atoms with Gasteiger partial charge in [0.1, 0.15) is 11.6 Å². The van der Waals surface area contributed by atoms with Crippen molar-refractivity contribution >= 4 is 39.7 Å². The lowest BCUT2D eigenvalue weighted by atomic mass is 10.1. The number of methoxy groups -OCH3 is 1. The zero-order valence-electron chi connectivity index (χ0n) is 19.3. The number of anilines is 3. The number of halogens is 1. The van der Waals surface area contributed by atoms with Crippen LogP contribution in [-0.4, -0.2) is 48.5 Å². The summed E-state index contributed by atoms with van der Waals surface area (Å²) in [6, 6.07) is 17.7. The number of nitriles is 1. The molecule has 0 atom stereocenters. The molecular weight excluding hydrogens is 462 g/mol. The largest absolute Gasteiger partial charge is 0.495 e. The molecule has 0 amide bonds. The Morgan fingerprint density at radius 1 is 1.06 bits per heavy atom. The summed E-state index contributed by atoms with van der Waals surface area (Å²) in [5.41, 5.74) is 2.56. The standard InChI is InChI=1S/C26H24ClN7O/c1-35-24-6-5-18(13-22(24)27)16-30-26-20-12-19(15-28)14-23(21(20)17-31-32-26)33-8-10-34(11-9-33)25-4-2-3-7-29-25/h2-7,12-14,17H,8-11,16H2,1H3,(H,30,32). The van der Waals surface area contributed by atoms with Crippen LogP contribution in [0.25, 0.3) is 10.8 Å². The highest BCUT2D eigenvalue weighted by Gasteiger charge is 2.21. The number of rotatable bonds is 6. The van der Waals surface area contributed by atoms with Crippen molar-refractivity contribution in [3.8, 4) is 11.8 Å². The van der Waals surface area contributed by atoms with E-state index in [2.05, 4.69) is 36.4 Å². The van der Waals surface area contributed by atoms with Gasteiger partial charge in [0.15, 0.2) is 5.82 Å². The van der Waals surface area contributed by atoms with Crippen LogP contribution in [0.15, 0.2) is 60.9 Å². The van der Waals surface area contributed by atoms with E-state index in [1.54, 1.807) is 13.3 Å². The SMILES string of the molecule is COc1ccc(CNc2nncc3c(N4CCN(c5ccccn5)CC4)cc(C#N)cc23)cc1Cl. The van der Waals surface area contributed by atoms with Gasteiger partial charge in [-0.25, -0.2) is 4.98 Å². The summed E-state index contributed by atoms with van der Waals surface area (Å²) >= 11 is 6.27. The van der Waals surface area contributed by atoms with E-state index in [4.69, 9.17) is 16.3 Å². The Bertz CT molecular complexity index is 1380. The van der Waals surface area contributed by atoms with E-state index in [0.717, 1.165) is 54.0 Å². The highest BCUT2D eigenvalue weighted by molar-refractivity contribution is 6.32. The number of fused-ring (bicyclic) bond motifs is 1. The van der Waals surface area contributed by atoms with Crippen LogP contribution in [0.1, 0.15) is 11.1 Å². The molecular formula is C26H24ClN7O. The quantitative estimate of drug-likeness (QED) is 0.427. The van der Waals surface area contributed by atoms with Gasteiger partial charge in [-0.1, -0.05) is 23.7 Å². The molecule has 0 spiro atoms. The minimum atomic E-state index is 0.506. The maximum Gasteiger partial charge on any atom is 0.156 e. The van der Waals surface area contributed by atoms with E-state index in [1.807, 2.05) is 54.7 Å². The number of nitrogens with one attached hydrogen (secondary N) is 1. The Balaban J connectivity index is 1.40. The molecule has 3 heterocycles. The fourth-order valence-electron chi connectivity index (χ4n) is 4.35. The molecule has 0 saturated carbocycles. The van der Waals surface area contributed by atoms with E-state index in [0.29, 0.717) is 28.7 Å². The molecule has 0 aliphatic carbocycles. The van der Waals surface area contributed by atoms with Crippen molar-refractivity contribution in [1.29, 1.82) is 5.26 Å². The summed E-state index contributed by atoms with van der Waals surface area (Å²) in [5.74, 6) is 2.24. The zero-order chi connectivity index (χ0) is 24.2. The van der Waals surface area contributed by atoms with Crippen molar-refractivity contribution in [1.82, 2.24) is 15.2 Å². The molecule has 5 rings (SSSR count). The molecule has 4 aromatic rings. The van der Waals surface area contributed by atoms with Crippen LogP contribution < -0.4 is 19.9 Å². The van der Waals surface area contributed by atoms with Crippen molar-refractivity contribution in [2.75, 3.05) is 48.4 Å². The lowest BCUT2D eigenvalue weighted by molar-refractivity contribution is 0.415. The Morgan fingerprint density at radius 2 is 1.89 bits per heavy atom. The number of aromatic nitrogens is 3. The zero-order valence-corrected chi connectivity index (χ0v) is 20.0. The summed E-state index contributed by atoms with van der Waals surface area (Å²) in [6.45, 7) is 3.83. The second-order valence-corrected chi connectivity index (χ2v) is 8.65. The van der Waals surface area contributed by atoms with Crippen LogP contribution in [0.4, 0.5) is 17.3 Å². The molecule has 1 saturated heterocycles. The minimum Gasteiger partial charge on any atom is -0.495 e. The monoisotopic (exact) mass is 485 g/mol. The second-order valence-electron chi connectivity index (χ2n) is 8.25. The molecule has 0 bridgehead atoms. The lowest BCUT2D eigenvalue weighted by Gasteiger charge is -2.37. The normalized spacial score (nSPS) is 13.5. The molecule has 1 aliphatic rings. The lowest BCUT2D eigenvalue weighted by Crippen LogP contribution is -2.46. The van der Waals surface area contributed by atoms with Gasteiger partial charge in [-0.05, 0) is 42.0 Å². The van der Waals surface area contributed by atoms with Crippen LogP contribution in [0.3, 0.4) is 0 Å². The summed E-state index contributed by atoms with van der Waals surface area (Å²) in [5, 5.41) is 24.0. The molecule has 1 N–H and O–H groups in total. The van der Waals surface area contributed by atoms with Gasteiger partial charge in [0, 0.05) is 55.4 Å². The van der Waals surface area contributed by atoms with Crippen LogP contribution in [0.5, 0.6) is 5.75 Å². The fourth-order valence-corrected chi connectivity index (χ4v) is 4.63. The number of hydrogen-bond acceptors (Lipinski definition) is 8. The van der Waals surface area contributed by atoms with Gasteiger partial charge in [0.2, 0.25) is 0 Å². The van der Waals surface area contributed by atoms with E-state index in [1.165, 1.54) is 0 Å². The first-order chi connectivity index (χ1) is 17.2. The number of piperazine rings is 1. The van der Waals surface area contributed by atoms with E-state index in [9.17, 15) is 5.26 Å². The van der Waals surface area contributed by atoms with Crippen LogP contribution in [0, 0.1) is 11.3 Å². The van der Waals surface area contributed by atoms with Crippen molar-refractivity contribution in [2.24, 2.45) is 0 Å². The van der Waals surface area contributed by atoms with Crippen molar-refractivity contribution in [3.05, 3.63) is 77.1 Å². The first kappa shape index (κ1) is 22.7. The topological polar surface area (TPSA) is 90.2 Å². The van der Waals surface area contributed by atoms with Gasteiger partial charge < -0.3 is 19.9 Å². The Hall–Kier alpha value is -4.09. The third-order valence-corrected chi connectivity index (χ3v) is 6.45. The van der Waals surface area contributed by atoms with Gasteiger partial charge in [0.25, 0.3) is 0 Å². The first-order valence-electron chi connectivity index (χ1n) is 11.3. The van der Waals surface area contributed by atoms with Crippen LogP contribution >= 0.6 is 11.6 Å². The highest BCUT2D eigenvalue weighted by Crippen LogP contribution is 2.33. The van der Waals surface area contributed by atoms with Gasteiger partial charge in [-0.2, -0.15) is 10.4 Å². The van der Waals surface area contributed by atoms with Gasteiger partial charge >= 0.3 is 0 Å². The van der Waals surface area contributed by atoms with E-state index >= 15 is 0 Å². The fraction of sp³-hybridized carbons (Fsp3) is 0.231. The predicted octanol–water partition coefficient (Wildman–Crippen LogP) is 4.50. The van der Waals surface area contributed by atoms with Gasteiger partial charge in [-0.15, -0.1) is 5.10 Å². The van der Waals surface area contributed by atoms with Crippen LogP contribution in [-0.2, 0) is 6.54 Å². The molecule has 35 heavy (non-hydrogen) atoms. The summed E-state index contributed by atoms with van der Waals surface area (Å²) in [7, 11) is 1.59. The predicted molar refractivity (Wildman–Crippen MR) is 138 cm³/mol. The number of pyridine rings is 1. The second kappa shape index (κ2) is 10.0. The Kier molecular flexibility index (Phi) is 6.51. The maximum atomic E-state index is 9.72. The first-order valence-corrected chi connectivity index (χ1v) is 11.7. The van der Waals surface area contributed by atoms with Gasteiger partial charge in [-0.3, -0.25) is 0 Å². The van der Waals surface area contributed by atoms with E-state index < -0.39 is 0 Å². The van der Waals surface area contributed by atoms with Crippen molar-refractivity contribution in [3.63, 3.8) is 0 Å². The van der Waals surface area contributed by atoms with Crippen molar-refractivity contribution in [2.45, 2.75) is 6.54 Å². The molecule has 2 aromatic carbocycles. The number of benzene rings is 2. The average Bonchev–Trinajstić information content (AvgIpc) is 2.92. The van der Waals surface area contributed by atoms with Crippen LogP contribution in [0.2, 0.25) is 5.02 Å². The van der Waals surface area contributed by atoms with Crippen molar-refractivity contribution < 1.29 is 4.74 Å². The summed E-state index contributed by atoms with van der Waals surface area (Å²) < 4.78 is 5.23. The maximum absolute atomic E-state index is 9.72. The van der Waals surface area contributed by atoms with E-state index in [-0.39, 0.29) is 0 Å². The smallest absolute Gasteiger partial charge is 0.156 e. The number of ether oxygens (including phenoxy) is 1. The molecule has 176 valence electrons. The third kappa shape index (κ3) is 4.77. The number of hydrogen-bond donors (Lipinski definition) is 1. The minimum absolute atomic E-state index is 0.506. The number of nitrogens with zero attached hydrogens (tertiary/aromatic N) is 6. The Morgan fingerprint density at radius 3 is 2.60 bits per heavy atom. The van der Waals surface area contributed by atoms with Gasteiger partial charge in [0.05, 0.1) is 30.0 Å². The molecule has 8 nitrogen and oxygen atoms in total. The molecule has 9 heteroatoms. The molecule has 1 fully saturated rings. The Labute approximate surface area is 208 Å². The third-order valence-electron chi connectivity index (χ3n) is 6.16. The average molecular weight is 486 g/mol. The molecule has 1 aliphatic heterocycles. The molecule has 2 aromatic heterocycles. The molecule has 0 unspecified atom stereocenters. The highest BCUT2D eigenvalue weighted by atomic mass is 35.5.